The summed E-state index contributed by atoms with van der Waals surface area (Å²) in [7, 11) is 0. The Labute approximate surface area is 136 Å². The quantitative estimate of drug-likeness (QED) is 0.749. The number of thiophene rings is 1. The number of tetrazole rings is 1. The molecule has 118 valence electrons. The van der Waals surface area contributed by atoms with Crippen molar-refractivity contribution in [2.45, 2.75) is 13.0 Å². The number of aromatic nitrogens is 4. The maximum absolute atomic E-state index is 13.2. The molecule has 1 aromatic carbocycles. The molecule has 1 amide bonds. The number of carbonyl (C=O) groups excluding carboxylic acids is 1. The molecule has 23 heavy (non-hydrogen) atoms. The van der Waals surface area contributed by atoms with Crippen molar-refractivity contribution in [3.05, 3.63) is 52.5 Å². The molecule has 0 aliphatic carbocycles. The summed E-state index contributed by atoms with van der Waals surface area (Å²) in [6, 6.07) is 9.93. The van der Waals surface area contributed by atoms with Crippen LogP contribution in [0.3, 0.4) is 0 Å². The van der Waals surface area contributed by atoms with Gasteiger partial charge in [-0.2, -0.15) is 4.80 Å². The average Bonchev–Trinajstić information content (AvgIpc) is 3.19. The summed E-state index contributed by atoms with van der Waals surface area (Å²) in [5, 5.41) is 16.6. The summed E-state index contributed by atoms with van der Waals surface area (Å²) < 4.78 is 13.2. The van der Waals surface area contributed by atoms with Gasteiger partial charge in [0.2, 0.25) is 11.7 Å². The maximum Gasteiger partial charge on any atom is 0.243 e. The van der Waals surface area contributed by atoms with Crippen LogP contribution in [0.25, 0.3) is 11.4 Å². The van der Waals surface area contributed by atoms with Crippen LogP contribution in [0.15, 0.2) is 41.8 Å². The van der Waals surface area contributed by atoms with E-state index >= 15 is 0 Å². The lowest BCUT2D eigenvalue weighted by atomic mass is 10.2. The fourth-order valence-electron chi connectivity index (χ4n) is 2.02. The lowest BCUT2D eigenvalue weighted by Crippen LogP contribution is -2.30. The standard InChI is InChI=1S/C15H14FN5OS/c16-12-4-1-3-11(9-12)15-18-20-21(19-15)10-14(22)17-7-6-13-5-2-8-23-13/h1-5,8-9H,6-7,10H2,(H,17,22). The van der Waals surface area contributed by atoms with E-state index in [0.717, 1.165) is 6.42 Å². The third-order valence-corrected chi connectivity index (χ3v) is 4.03. The molecule has 0 aliphatic heterocycles. The Morgan fingerprint density at radius 1 is 1.30 bits per heavy atom. The summed E-state index contributed by atoms with van der Waals surface area (Å²) >= 11 is 1.66. The number of nitrogens with zero attached hydrogens (tertiary/aromatic N) is 4. The van der Waals surface area contributed by atoms with Crippen LogP contribution in [0.2, 0.25) is 0 Å². The molecule has 2 heterocycles. The van der Waals surface area contributed by atoms with E-state index in [1.807, 2.05) is 17.5 Å². The van der Waals surface area contributed by atoms with Crippen LogP contribution in [0.5, 0.6) is 0 Å². The Bertz CT molecular complexity index is 787. The minimum atomic E-state index is -0.370. The molecule has 0 spiro atoms. The second kappa shape index (κ2) is 7.10. The Morgan fingerprint density at radius 3 is 3.00 bits per heavy atom. The monoisotopic (exact) mass is 331 g/mol. The van der Waals surface area contributed by atoms with Crippen LogP contribution in [0, 0.1) is 5.82 Å². The van der Waals surface area contributed by atoms with Crippen molar-refractivity contribution < 1.29 is 9.18 Å². The molecule has 1 N–H and O–H groups in total. The lowest BCUT2D eigenvalue weighted by molar-refractivity contribution is -0.122. The van der Waals surface area contributed by atoms with Crippen molar-refractivity contribution in [2.24, 2.45) is 0 Å². The van der Waals surface area contributed by atoms with Gasteiger partial charge in [0.05, 0.1) is 0 Å². The number of benzene rings is 1. The minimum absolute atomic E-state index is 0.0211. The average molecular weight is 331 g/mol. The van der Waals surface area contributed by atoms with Gasteiger partial charge >= 0.3 is 0 Å². The Kier molecular flexibility index (Phi) is 4.72. The largest absolute Gasteiger partial charge is 0.354 e. The van der Waals surface area contributed by atoms with Gasteiger partial charge in [-0.05, 0) is 35.2 Å². The summed E-state index contributed by atoms with van der Waals surface area (Å²) in [4.78, 5) is 14.3. The van der Waals surface area contributed by atoms with E-state index in [2.05, 4.69) is 20.7 Å². The molecule has 0 unspecified atom stereocenters. The van der Waals surface area contributed by atoms with Crippen LogP contribution >= 0.6 is 11.3 Å². The second-order valence-electron chi connectivity index (χ2n) is 4.83. The fraction of sp³-hybridized carbons (Fsp3) is 0.200. The van der Waals surface area contributed by atoms with Crippen LogP contribution in [0.1, 0.15) is 4.88 Å². The van der Waals surface area contributed by atoms with Gasteiger partial charge in [0.25, 0.3) is 0 Å². The summed E-state index contributed by atoms with van der Waals surface area (Å²) in [6.07, 6.45) is 0.794. The van der Waals surface area contributed by atoms with Gasteiger partial charge in [-0.15, -0.1) is 21.5 Å². The molecule has 0 saturated heterocycles. The third kappa shape index (κ3) is 4.19. The number of hydrogen-bond donors (Lipinski definition) is 1. The first-order chi connectivity index (χ1) is 11.2. The fourth-order valence-corrected chi connectivity index (χ4v) is 2.73. The molecular formula is C15H14FN5OS. The molecule has 0 aliphatic rings. The number of hydrogen-bond acceptors (Lipinski definition) is 5. The van der Waals surface area contributed by atoms with Crippen LogP contribution in [-0.2, 0) is 17.8 Å². The molecule has 0 atom stereocenters. The smallest absolute Gasteiger partial charge is 0.243 e. The van der Waals surface area contributed by atoms with Crippen molar-refractivity contribution in [2.75, 3.05) is 6.54 Å². The first kappa shape index (κ1) is 15.3. The van der Waals surface area contributed by atoms with Crippen molar-refractivity contribution in [3.8, 4) is 11.4 Å². The topological polar surface area (TPSA) is 72.7 Å². The molecule has 6 nitrogen and oxygen atoms in total. The maximum atomic E-state index is 13.2. The predicted octanol–water partition coefficient (Wildman–Crippen LogP) is 1.90. The van der Waals surface area contributed by atoms with Gasteiger partial charge in [0.15, 0.2) is 0 Å². The Balaban J connectivity index is 1.53. The summed E-state index contributed by atoms with van der Waals surface area (Å²) in [5.41, 5.74) is 0.523. The number of amides is 1. The Morgan fingerprint density at radius 2 is 2.22 bits per heavy atom. The molecule has 2 aromatic heterocycles. The molecule has 3 aromatic rings. The number of halogens is 1. The minimum Gasteiger partial charge on any atom is -0.354 e. The highest BCUT2D eigenvalue weighted by Crippen LogP contribution is 2.14. The molecule has 0 radical (unpaired) electrons. The lowest BCUT2D eigenvalue weighted by Gasteiger charge is -2.03. The van der Waals surface area contributed by atoms with Gasteiger partial charge in [-0.1, -0.05) is 18.2 Å². The first-order valence-corrected chi connectivity index (χ1v) is 7.91. The highest BCUT2D eigenvalue weighted by Gasteiger charge is 2.09. The second-order valence-corrected chi connectivity index (χ2v) is 5.87. The zero-order valence-corrected chi connectivity index (χ0v) is 13.0. The van der Waals surface area contributed by atoms with E-state index in [4.69, 9.17) is 0 Å². The highest BCUT2D eigenvalue weighted by molar-refractivity contribution is 7.09. The SMILES string of the molecule is O=C(Cn1nnc(-c2cccc(F)c2)n1)NCCc1cccs1. The number of carbonyl (C=O) groups is 1. The van der Waals surface area contributed by atoms with Crippen LogP contribution < -0.4 is 5.32 Å². The van der Waals surface area contributed by atoms with Crippen LogP contribution in [-0.4, -0.2) is 32.7 Å². The van der Waals surface area contributed by atoms with Crippen LogP contribution in [0.4, 0.5) is 4.39 Å². The molecule has 0 bridgehead atoms. The van der Waals surface area contributed by atoms with E-state index in [1.54, 1.807) is 23.5 Å². The van der Waals surface area contributed by atoms with Gasteiger partial charge in [-0.3, -0.25) is 4.79 Å². The highest BCUT2D eigenvalue weighted by atomic mass is 32.1. The first-order valence-electron chi connectivity index (χ1n) is 7.03. The van der Waals surface area contributed by atoms with Gasteiger partial charge in [-0.25, -0.2) is 4.39 Å². The zero-order valence-electron chi connectivity index (χ0n) is 12.1. The van der Waals surface area contributed by atoms with E-state index in [-0.39, 0.29) is 24.1 Å². The number of rotatable bonds is 6. The molecule has 3 rings (SSSR count). The van der Waals surface area contributed by atoms with E-state index < -0.39 is 0 Å². The molecular weight excluding hydrogens is 317 g/mol. The molecule has 0 fully saturated rings. The van der Waals surface area contributed by atoms with Crippen molar-refractivity contribution in [1.29, 1.82) is 0 Å². The number of nitrogens with one attached hydrogen (secondary N) is 1. The molecule has 8 heteroatoms. The predicted molar refractivity (Wildman–Crippen MR) is 84.2 cm³/mol. The van der Waals surface area contributed by atoms with Gasteiger partial charge < -0.3 is 5.32 Å². The zero-order chi connectivity index (χ0) is 16.1. The third-order valence-electron chi connectivity index (χ3n) is 3.09. The van der Waals surface area contributed by atoms with E-state index in [0.29, 0.717) is 12.1 Å². The Hall–Kier alpha value is -2.61. The summed E-state index contributed by atoms with van der Waals surface area (Å²) in [5.74, 6) is -0.272. The summed E-state index contributed by atoms with van der Waals surface area (Å²) in [6.45, 7) is 0.539. The van der Waals surface area contributed by atoms with Crippen molar-refractivity contribution >= 4 is 17.2 Å². The van der Waals surface area contributed by atoms with Crippen molar-refractivity contribution in [1.82, 2.24) is 25.5 Å². The van der Waals surface area contributed by atoms with Gasteiger partial charge in [0.1, 0.15) is 12.4 Å². The van der Waals surface area contributed by atoms with Gasteiger partial charge in [0, 0.05) is 17.0 Å². The molecule has 0 saturated carbocycles. The van der Waals surface area contributed by atoms with Crippen molar-refractivity contribution in [3.63, 3.8) is 0 Å². The normalized spacial score (nSPS) is 10.7. The van der Waals surface area contributed by atoms with E-state index in [9.17, 15) is 9.18 Å². The van der Waals surface area contributed by atoms with E-state index in [1.165, 1.54) is 21.8 Å².